The predicted molar refractivity (Wildman–Crippen MR) is 123 cm³/mol. The number of hydrogen-bond acceptors (Lipinski definition) is 6. The molecule has 0 atom stereocenters. The van der Waals surface area contributed by atoms with Crippen molar-refractivity contribution in [2.24, 2.45) is 0 Å². The van der Waals surface area contributed by atoms with Crippen LogP contribution in [0.1, 0.15) is 24.0 Å². The number of carbonyl (C=O) groups is 1. The van der Waals surface area contributed by atoms with Crippen molar-refractivity contribution < 1.29 is 19.4 Å². The molecule has 0 unspecified atom stereocenters. The smallest absolute Gasteiger partial charge is 0.220 e. The Balaban J connectivity index is 1.79. The van der Waals surface area contributed by atoms with E-state index in [-0.39, 0.29) is 37.0 Å². The van der Waals surface area contributed by atoms with Crippen molar-refractivity contribution in [1.29, 1.82) is 0 Å². The van der Waals surface area contributed by atoms with E-state index in [0.29, 0.717) is 45.2 Å². The van der Waals surface area contributed by atoms with Crippen LogP contribution in [0, 0.1) is 0 Å². The Morgan fingerprint density at radius 3 is 2.66 bits per heavy atom. The monoisotopic (exact) mass is 458 g/mol. The summed E-state index contributed by atoms with van der Waals surface area (Å²) in [5.74, 6) is 0.0447. The van der Waals surface area contributed by atoms with Crippen LogP contribution >= 0.6 is 11.6 Å². The molecule has 0 radical (unpaired) electrons. The van der Waals surface area contributed by atoms with Crippen LogP contribution in [0.3, 0.4) is 0 Å². The molecule has 0 saturated carbocycles. The third-order valence-corrected chi connectivity index (χ3v) is 5.05. The highest BCUT2D eigenvalue weighted by molar-refractivity contribution is 6.30. The van der Waals surface area contributed by atoms with Crippen LogP contribution in [0.4, 0.5) is 21.6 Å². The number of rotatable bonds is 9. The van der Waals surface area contributed by atoms with Crippen LogP contribution in [-0.2, 0) is 18.0 Å². The fourth-order valence-electron chi connectivity index (χ4n) is 3.09. The Hall–Kier alpha value is -3.36. The number of nitrogens with one attached hydrogen (secondary N) is 2. The number of anilines is 3. The fraction of sp³-hybridized carbons (Fsp3) is 0.217. The van der Waals surface area contributed by atoms with E-state index >= 15 is 0 Å². The van der Waals surface area contributed by atoms with Gasteiger partial charge in [-0.3, -0.25) is 4.79 Å². The van der Waals surface area contributed by atoms with Gasteiger partial charge in [-0.1, -0.05) is 17.7 Å². The van der Waals surface area contributed by atoms with Gasteiger partial charge in [-0.05, 0) is 48.9 Å². The van der Waals surface area contributed by atoms with E-state index in [1.807, 2.05) is 0 Å². The van der Waals surface area contributed by atoms with Crippen LogP contribution in [0.2, 0.25) is 5.02 Å². The molecular formula is C23H24ClFN4O3. The summed E-state index contributed by atoms with van der Waals surface area (Å²) >= 11 is 5.93. The van der Waals surface area contributed by atoms with Gasteiger partial charge < -0.3 is 26.6 Å². The van der Waals surface area contributed by atoms with Crippen molar-refractivity contribution in [1.82, 2.24) is 10.3 Å². The molecule has 1 aromatic heterocycles. The topological polar surface area (TPSA) is 121 Å². The number of nitrogens with two attached hydrogens (primary N) is 1. The van der Waals surface area contributed by atoms with Crippen molar-refractivity contribution in [3.05, 3.63) is 64.7 Å². The second-order valence-electron chi connectivity index (χ2n) is 7.14. The van der Waals surface area contributed by atoms with E-state index in [1.54, 1.807) is 42.5 Å². The number of halogens is 2. The van der Waals surface area contributed by atoms with Gasteiger partial charge in [-0.15, -0.1) is 0 Å². The Bertz CT molecular complexity index is 1110. The molecule has 3 aromatic rings. The van der Waals surface area contributed by atoms with Gasteiger partial charge in [0.15, 0.2) is 0 Å². The van der Waals surface area contributed by atoms with Crippen LogP contribution < -0.4 is 16.4 Å². The van der Waals surface area contributed by atoms with Gasteiger partial charge in [0.2, 0.25) is 5.91 Å². The number of carbonyl (C=O) groups excluding carboxylic acids is 1. The van der Waals surface area contributed by atoms with Crippen LogP contribution in [-0.4, -0.2) is 27.7 Å². The number of amides is 1. The number of alkyl halides is 1. The molecule has 0 aliphatic heterocycles. The lowest BCUT2D eigenvalue weighted by molar-refractivity contribution is -0.121. The lowest BCUT2D eigenvalue weighted by atomic mass is 10.1. The standard InChI is InChI=1S/C23H24ClFN4O3/c24-16-4-7-19(15(10-16)12-25)28-17-5-8-21(31)18(11-17)20-6-3-14(23(26)29-20)13-27-22(32)2-1-9-30/h3-8,10-11,28,30-31H,1-2,9,12-13H2,(H2,26,29)(H,27,32). The second kappa shape index (κ2) is 10.8. The molecule has 0 spiro atoms. The second-order valence-corrected chi connectivity index (χ2v) is 7.57. The number of nitrogens with zero attached hydrogens (tertiary/aromatic N) is 1. The van der Waals surface area contributed by atoms with Gasteiger partial charge >= 0.3 is 0 Å². The Morgan fingerprint density at radius 1 is 1.12 bits per heavy atom. The molecule has 168 valence electrons. The van der Waals surface area contributed by atoms with Crippen LogP contribution in [0.15, 0.2) is 48.5 Å². The first kappa shape index (κ1) is 23.3. The number of aromatic nitrogens is 1. The van der Waals surface area contributed by atoms with Gasteiger partial charge in [0, 0.05) is 52.7 Å². The predicted octanol–water partition coefficient (Wildman–Crippen LogP) is 4.29. The van der Waals surface area contributed by atoms with E-state index < -0.39 is 6.67 Å². The SMILES string of the molecule is Nc1nc(-c2cc(Nc3ccc(Cl)cc3CF)ccc2O)ccc1CNC(=O)CCCO. The number of benzene rings is 2. The lowest BCUT2D eigenvalue weighted by Crippen LogP contribution is -2.23. The first-order chi connectivity index (χ1) is 15.4. The zero-order chi connectivity index (χ0) is 23.1. The highest BCUT2D eigenvalue weighted by Gasteiger charge is 2.12. The average Bonchev–Trinajstić information content (AvgIpc) is 2.79. The van der Waals surface area contributed by atoms with Gasteiger partial charge in [0.05, 0.1) is 5.69 Å². The number of pyridine rings is 1. The van der Waals surface area contributed by atoms with E-state index in [2.05, 4.69) is 15.6 Å². The number of phenols is 1. The third-order valence-electron chi connectivity index (χ3n) is 4.81. The summed E-state index contributed by atoms with van der Waals surface area (Å²) in [7, 11) is 0. The number of hydrogen-bond donors (Lipinski definition) is 5. The first-order valence-electron chi connectivity index (χ1n) is 9.99. The highest BCUT2D eigenvalue weighted by Crippen LogP contribution is 2.33. The molecule has 1 amide bonds. The number of phenolic OH excluding ortho intramolecular Hbond substituents is 1. The van der Waals surface area contributed by atoms with Crippen molar-refractivity contribution in [2.75, 3.05) is 17.7 Å². The molecule has 7 nitrogen and oxygen atoms in total. The molecule has 32 heavy (non-hydrogen) atoms. The fourth-order valence-corrected chi connectivity index (χ4v) is 3.29. The molecule has 2 aromatic carbocycles. The van der Waals surface area contributed by atoms with Crippen molar-refractivity contribution >= 4 is 34.7 Å². The largest absolute Gasteiger partial charge is 0.507 e. The third kappa shape index (κ3) is 5.87. The zero-order valence-corrected chi connectivity index (χ0v) is 18.0. The molecule has 0 fully saturated rings. The highest BCUT2D eigenvalue weighted by atomic mass is 35.5. The molecule has 6 N–H and O–H groups in total. The quantitative estimate of drug-likeness (QED) is 0.305. The Morgan fingerprint density at radius 2 is 1.94 bits per heavy atom. The Labute approximate surface area is 190 Å². The molecular weight excluding hydrogens is 435 g/mol. The van der Waals surface area contributed by atoms with Crippen molar-refractivity contribution in [2.45, 2.75) is 26.1 Å². The summed E-state index contributed by atoms with van der Waals surface area (Å²) in [6.07, 6.45) is 0.623. The summed E-state index contributed by atoms with van der Waals surface area (Å²) in [4.78, 5) is 16.1. The van der Waals surface area contributed by atoms with Gasteiger partial charge in [0.25, 0.3) is 0 Å². The van der Waals surface area contributed by atoms with Gasteiger partial charge in [-0.2, -0.15) is 0 Å². The average molecular weight is 459 g/mol. The lowest BCUT2D eigenvalue weighted by Gasteiger charge is -2.14. The molecule has 9 heteroatoms. The molecule has 0 saturated heterocycles. The summed E-state index contributed by atoms with van der Waals surface area (Å²) in [6.45, 7) is -0.514. The minimum absolute atomic E-state index is 0.00864. The molecule has 0 aliphatic carbocycles. The number of aliphatic hydroxyl groups excluding tert-OH is 1. The number of nitrogen functional groups attached to an aromatic ring is 1. The number of aromatic hydroxyl groups is 1. The minimum Gasteiger partial charge on any atom is -0.507 e. The summed E-state index contributed by atoms with van der Waals surface area (Å²) < 4.78 is 13.3. The van der Waals surface area contributed by atoms with Crippen LogP contribution in [0.25, 0.3) is 11.3 Å². The first-order valence-corrected chi connectivity index (χ1v) is 10.4. The van der Waals surface area contributed by atoms with E-state index in [1.165, 1.54) is 6.07 Å². The normalized spacial score (nSPS) is 10.7. The van der Waals surface area contributed by atoms with E-state index in [0.717, 1.165) is 0 Å². The van der Waals surface area contributed by atoms with Crippen molar-refractivity contribution in [3.63, 3.8) is 0 Å². The molecule has 1 heterocycles. The zero-order valence-electron chi connectivity index (χ0n) is 17.2. The molecule has 3 rings (SSSR count). The maximum absolute atomic E-state index is 13.3. The summed E-state index contributed by atoms with van der Waals surface area (Å²) in [6, 6.07) is 13.2. The van der Waals surface area contributed by atoms with E-state index in [9.17, 15) is 14.3 Å². The minimum atomic E-state index is -0.677. The maximum atomic E-state index is 13.3. The van der Waals surface area contributed by atoms with Gasteiger partial charge in [0.1, 0.15) is 18.2 Å². The summed E-state index contributed by atoms with van der Waals surface area (Å²) in [5.41, 5.74) is 9.17. The number of aliphatic hydroxyl groups is 1. The maximum Gasteiger partial charge on any atom is 0.220 e. The van der Waals surface area contributed by atoms with Gasteiger partial charge in [-0.25, -0.2) is 9.37 Å². The molecule has 0 bridgehead atoms. The van der Waals surface area contributed by atoms with Crippen LogP contribution in [0.5, 0.6) is 5.75 Å². The summed E-state index contributed by atoms with van der Waals surface area (Å²) in [5, 5.41) is 25.4. The van der Waals surface area contributed by atoms with E-state index in [4.69, 9.17) is 22.4 Å². The van der Waals surface area contributed by atoms with Crippen molar-refractivity contribution in [3.8, 4) is 17.0 Å². The Kier molecular flexibility index (Phi) is 7.86. The molecule has 0 aliphatic rings.